The van der Waals surface area contributed by atoms with E-state index in [1.54, 1.807) is 12.4 Å². The summed E-state index contributed by atoms with van der Waals surface area (Å²) in [6.45, 7) is 3.20. The molecule has 0 fully saturated rings. The maximum absolute atomic E-state index is 11.1. The molecule has 0 amide bonds. The van der Waals surface area contributed by atoms with Crippen molar-refractivity contribution in [2.75, 3.05) is 13.7 Å². The molecule has 1 aromatic rings. The van der Waals surface area contributed by atoms with Gasteiger partial charge in [0, 0.05) is 25.5 Å². The Balaban J connectivity index is 2.25. The molecule has 0 radical (unpaired) electrons. The lowest BCUT2D eigenvalue weighted by Crippen LogP contribution is -2.26. The van der Waals surface area contributed by atoms with Crippen LogP contribution in [0, 0.1) is 5.92 Å². The number of pyridine rings is 1. The first-order valence-electron chi connectivity index (χ1n) is 4.91. The van der Waals surface area contributed by atoms with E-state index in [-0.39, 0.29) is 11.9 Å². The van der Waals surface area contributed by atoms with E-state index in [1.165, 1.54) is 7.11 Å². The van der Waals surface area contributed by atoms with Crippen LogP contribution in [-0.2, 0) is 16.1 Å². The minimum absolute atomic E-state index is 0.114. The van der Waals surface area contributed by atoms with Gasteiger partial charge in [0.15, 0.2) is 0 Å². The van der Waals surface area contributed by atoms with E-state index in [9.17, 15) is 4.79 Å². The Hall–Kier alpha value is -1.42. The first-order chi connectivity index (χ1) is 7.24. The molecular weight excluding hydrogens is 192 g/mol. The number of nitrogens with one attached hydrogen (secondary N) is 1. The Morgan fingerprint density at radius 3 is 2.80 bits per heavy atom. The predicted molar refractivity (Wildman–Crippen MR) is 57.1 cm³/mol. The molecule has 1 heterocycles. The second-order valence-electron chi connectivity index (χ2n) is 3.41. The van der Waals surface area contributed by atoms with Crippen molar-refractivity contribution >= 4 is 5.97 Å². The number of nitrogens with zero attached hydrogens (tertiary/aromatic N) is 1. The zero-order valence-corrected chi connectivity index (χ0v) is 9.06. The molecule has 0 bridgehead atoms. The van der Waals surface area contributed by atoms with Crippen LogP contribution in [-0.4, -0.2) is 24.6 Å². The Kier molecular flexibility index (Phi) is 4.77. The smallest absolute Gasteiger partial charge is 0.309 e. The van der Waals surface area contributed by atoms with Gasteiger partial charge in [0.25, 0.3) is 0 Å². The quantitative estimate of drug-likeness (QED) is 0.733. The summed E-state index contributed by atoms with van der Waals surface area (Å²) in [5.41, 5.74) is 1.15. The van der Waals surface area contributed by atoms with Gasteiger partial charge in [-0.25, -0.2) is 0 Å². The fraction of sp³-hybridized carbons (Fsp3) is 0.455. The zero-order chi connectivity index (χ0) is 11.1. The fourth-order valence-electron chi connectivity index (χ4n) is 1.22. The zero-order valence-electron chi connectivity index (χ0n) is 9.06. The lowest BCUT2D eigenvalue weighted by Gasteiger charge is -2.10. The van der Waals surface area contributed by atoms with Gasteiger partial charge in [0.2, 0.25) is 0 Å². The van der Waals surface area contributed by atoms with Crippen LogP contribution < -0.4 is 5.32 Å². The minimum atomic E-state index is -0.183. The number of hydrogen-bond acceptors (Lipinski definition) is 4. The molecule has 1 atom stereocenters. The average Bonchev–Trinajstić information content (AvgIpc) is 2.29. The molecule has 15 heavy (non-hydrogen) atoms. The van der Waals surface area contributed by atoms with Crippen LogP contribution in [0.15, 0.2) is 24.5 Å². The molecule has 0 saturated carbocycles. The molecular formula is C11H16N2O2. The summed E-state index contributed by atoms with van der Waals surface area (Å²) in [5, 5.41) is 3.19. The highest BCUT2D eigenvalue weighted by atomic mass is 16.5. The van der Waals surface area contributed by atoms with Gasteiger partial charge in [-0.15, -0.1) is 0 Å². The molecule has 1 aromatic heterocycles. The normalized spacial score (nSPS) is 12.1. The van der Waals surface area contributed by atoms with E-state index in [0.29, 0.717) is 6.54 Å². The minimum Gasteiger partial charge on any atom is -0.469 e. The van der Waals surface area contributed by atoms with Crippen molar-refractivity contribution in [2.45, 2.75) is 13.5 Å². The van der Waals surface area contributed by atoms with Crippen LogP contribution in [0.1, 0.15) is 12.5 Å². The molecule has 0 unspecified atom stereocenters. The largest absolute Gasteiger partial charge is 0.469 e. The summed E-state index contributed by atoms with van der Waals surface area (Å²) in [5.74, 6) is -0.297. The molecule has 0 aromatic carbocycles. The van der Waals surface area contributed by atoms with Crippen molar-refractivity contribution in [1.29, 1.82) is 0 Å². The number of aromatic nitrogens is 1. The first kappa shape index (κ1) is 11.7. The van der Waals surface area contributed by atoms with Crippen molar-refractivity contribution in [2.24, 2.45) is 5.92 Å². The third kappa shape index (κ3) is 4.08. The molecule has 1 rings (SSSR count). The van der Waals surface area contributed by atoms with E-state index in [4.69, 9.17) is 0 Å². The van der Waals surface area contributed by atoms with E-state index in [2.05, 4.69) is 15.0 Å². The summed E-state index contributed by atoms with van der Waals surface area (Å²) < 4.78 is 4.63. The Labute approximate surface area is 89.7 Å². The second-order valence-corrected chi connectivity index (χ2v) is 3.41. The van der Waals surface area contributed by atoms with Crippen molar-refractivity contribution in [3.8, 4) is 0 Å². The molecule has 4 heteroatoms. The highest BCUT2D eigenvalue weighted by Crippen LogP contribution is 1.98. The lowest BCUT2D eigenvalue weighted by molar-refractivity contribution is -0.144. The molecule has 82 valence electrons. The van der Waals surface area contributed by atoms with Gasteiger partial charge in [-0.3, -0.25) is 9.78 Å². The van der Waals surface area contributed by atoms with Crippen molar-refractivity contribution < 1.29 is 9.53 Å². The topological polar surface area (TPSA) is 51.2 Å². The Morgan fingerprint density at radius 1 is 1.53 bits per heavy atom. The number of hydrogen-bond donors (Lipinski definition) is 1. The molecule has 0 aliphatic heterocycles. The molecule has 0 spiro atoms. The van der Waals surface area contributed by atoms with Crippen molar-refractivity contribution in [3.05, 3.63) is 30.1 Å². The number of carbonyl (C=O) groups excluding carboxylic acids is 1. The van der Waals surface area contributed by atoms with E-state index >= 15 is 0 Å². The summed E-state index contributed by atoms with van der Waals surface area (Å²) >= 11 is 0. The standard InChI is InChI=1S/C11H16N2O2/c1-9(11(14)15-2)7-13-8-10-3-5-12-6-4-10/h3-6,9,13H,7-8H2,1-2H3/t9-/m0/s1. The van der Waals surface area contributed by atoms with Crippen LogP contribution in [0.25, 0.3) is 0 Å². The van der Waals surface area contributed by atoms with E-state index in [0.717, 1.165) is 12.1 Å². The number of esters is 1. The molecule has 0 aliphatic rings. The third-order valence-electron chi connectivity index (χ3n) is 2.13. The van der Waals surface area contributed by atoms with Crippen molar-refractivity contribution in [1.82, 2.24) is 10.3 Å². The highest BCUT2D eigenvalue weighted by Gasteiger charge is 2.11. The SMILES string of the molecule is COC(=O)[C@@H](C)CNCc1ccncc1. The summed E-state index contributed by atoms with van der Waals surface area (Å²) in [6, 6.07) is 3.88. The number of methoxy groups -OCH3 is 1. The number of ether oxygens (including phenoxy) is 1. The highest BCUT2D eigenvalue weighted by molar-refractivity contribution is 5.71. The summed E-state index contributed by atoms with van der Waals surface area (Å²) in [4.78, 5) is 15.0. The third-order valence-corrected chi connectivity index (χ3v) is 2.13. The monoisotopic (exact) mass is 208 g/mol. The average molecular weight is 208 g/mol. The van der Waals surface area contributed by atoms with Gasteiger partial charge >= 0.3 is 5.97 Å². The number of rotatable bonds is 5. The fourth-order valence-corrected chi connectivity index (χ4v) is 1.22. The maximum Gasteiger partial charge on any atom is 0.309 e. The van der Waals surface area contributed by atoms with Gasteiger partial charge < -0.3 is 10.1 Å². The van der Waals surface area contributed by atoms with Gasteiger partial charge in [0.1, 0.15) is 0 Å². The van der Waals surface area contributed by atoms with Crippen molar-refractivity contribution in [3.63, 3.8) is 0 Å². The maximum atomic E-state index is 11.1. The van der Waals surface area contributed by atoms with E-state index < -0.39 is 0 Å². The molecule has 0 aliphatic carbocycles. The molecule has 0 saturated heterocycles. The van der Waals surface area contributed by atoms with Gasteiger partial charge in [-0.05, 0) is 17.7 Å². The van der Waals surface area contributed by atoms with Crippen LogP contribution in [0.2, 0.25) is 0 Å². The predicted octanol–water partition coefficient (Wildman–Crippen LogP) is 0.980. The second kappa shape index (κ2) is 6.14. The lowest BCUT2D eigenvalue weighted by atomic mass is 10.2. The molecule has 1 N–H and O–H groups in total. The van der Waals surface area contributed by atoms with Gasteiger partial charge in [0.05, 0.1) is 13.0 Å². The van der Waals surface area contributed by atoms with Crippen LogP contribution in [0.5, 0.6) is 0 Å². The van der Waals surface area contributed by atoms with Crippen LogP contribution >= 0.6 is 0 Å². The molecule has 4 nitrogen and oxygen atoms in total. The van der Waals surface area contributed by atoms with E-state index in [1.807, 2.05) is 19.1 Å². The number of carbonyl (C=O) groups is 1. The van der Waals surface area contributed by atoms with Gasteiger partial charge in [-0.2, -0.15) is 0 Å². The Morgan fingerprint density at radius 2 is 2.20 bits per heavy atom. The van der Waals surface area contributed by atoms with Gasteiger partial charge in [-0.1, -0.05) is 6.92 Å². The van der Waals surface area contributed by atoms with Crippen LogP contribution in [0.4, 0.5) is 0 Å². The van der Waals surface area contributed by atoms with Crippen LogP contribution in [0.3, 0.4) is 0 Å². The Bertz CT molecular complexity index is 301. The summed E-state index contributed by atoms with van der Waals surface area (Å²) in [7, 11) is 1.40. The summed E-state index contributed by atoms with van der Waals surface area (Å²) in [6.07, 6.45) is 3.50. The first-order valence-corrected chi connectivity index (χ1v) is 4.91.